The maximum absolute atomic E-state index is 5.35. The average Bonchev–Trinajstić information content (AvgIpc) is 2.49. The quantitative estimate of drug-likeness (QED) is 0.317. The van der Waals surface area contributed by atoms with E-state index in [1.165, 1.54) is 0 Å². The largest absolute Gasteiger partial charge is 0.497 e. The molecule has 21 heavy (non-hydrogen) atoms. The van der Waals surface area contributed by atoms with Gasteiger partial charge in [-0.3, -0.25) is 0 Å². The summed E-state index contributed by atoms with van der Waals surface area (Å²) in [6.45, 7) is 7.71. The van der Waals surface area contributed by atoms with Crippen molar-refractivity contribution in [3.63, 3.8) is 0 Å². The number of aliphatic imine (C=N–C) groups is 1. The Bertz CT molecular complexity index is 464. The number of nitrogens with one attached hydrogen (secondary N) is 2. The molecule has 0 aromatic heterocycles. The first kappa shape index (κ1) is 19.6. The van der Waals surface area contributed by atoms with Gasteiger partial charge in [0.25, 0.3) is 0 Å². The molecule has 0 radical (unpaired) electrons. The smallest absolute Gasteiger partial charge is 0.191 e. The molecule has 0 bridgehead atoms. The van der Waals surface area contributed by atoms with Crippen molar-refractivity contribution in [2.24, 2.45) is 4.99 Å². The first-order valence-electron chi connectivity index (χ1n) is 6.59. The Morgan fingerprint density at radius 2 is 2.05 bits per heavy atom. The molecular weight excluding hydrogens is 381 g/mol. The maximum atomic E-state index is 5.35. The fourth-order valence-electron chi connectivity index (χ4n) is 1.66. The minimum absolute atomic E-state index is 0. The first-order chi connectivity index (χ1) is 9.74. The van der Waals surface area contributed by atoms with Crippen molar-refractivity contribution >= 4 is 29.9 Å². The molecule has 0 saturated heterocycles. The summed E-state index contributed by atoms with van der Waals surface area (Å²) in [4.78, 5) is 4.51. The molecular formula is C15H24IN3O2. The van der Waals surface area contributed by atoms with E-state index in [1.54, 1.807) is 20.3 Å². The highest BCUT2D eigenvalue weighted by atomic mass is 127. The minimum Gasteiger partial charge on any atom is -0.497 e. The zero-order valence-electron chi connectivity index (χ0n) is 12.8. The van der Waals surface area contributed by atoms with Gasteiger partial charge in [0.05, 0.1) is 20.8 Å². The Morgan fingerprint density at radius 3 is 2.62 bits per heavy atom. The van der Waals surface area contributed by atoms with Gasteiger partial charge in [-0.2, -0.15) is 0 Å². The molecule has 0 spiro atoms. The standard InChI is InChI=1S/C15H23N3O2.HI/c1-5-9-17-15(16-6-2)18-11-12-7-8-13(19-3)10-14(12)20-4;/h5,7-8,10H,1,6,9,11H2,2-4H3,(H2,16,17,18);1H. The lowest BCUT2D eigenvalue weighted by Gasteiger charge is -2.11. The number of benzene rings is 1. The summed E-state index contributed by atoms with van der Waals surface area (Å²) in [5.41, 5.74) is 1.00. The van der Waals surface area contributed by atoms with Crippen LogP contribution in [0.5, 0.6) is 11.5 Å². The maximum Gasteiger partial charge on any atom is 0.191 e. The summed E-state index contributed by atoms with van der Waals surface area (Å²) in [5.74, 6) is 2.30. The summed E-state index contributed by atoms with van der Waals surface area (Å²) in [5, 5.41) is 6.33. The number of guanidine groups is 1. The molecule has 1 rings (SSSR count). The number of nitrogens with zero attached hydrogens (tertiary/aromatic N) is 1. The highest BCUT2D eigenvalue weighted by Gasteiger charge is 2.05. The van der Waals surface area contributed by atoms with Crippen molar-refractivity contribution in [1.29, 1.82) is 0 Å². The van der Waals surface area contributed by atoms with E-state index in [0.717, 1.165) is 29.6 Å². The molecule has 0 unspecified atom stereocenters. The summed E-state index contributed by atoms with van der Waals surface area (Å²) >= 11 is 0. The molecule has 0 saturated carbocycles. The molecule has 5 nitrogen and oxygen atoms in total. The molecule has 0 amide bonds. The first-order valence-corrected chi connectivity index (χ1v) is 6.59. The van der Waals surface area contributed by atoms with Crippen LogP contribution >= 0.6 is 24.0 Å². The lowest BCUT2D eigenvalue weighted by molar-refractivity contribution is 0.391. The molecule has 2 N–H and O–H groups in total. The van der Waals surface area contributed by atoms with Crippen LogP contribution in [0.4, 0.5) is 0 Å². The summed E-state index contributed by atoms with van der Waals surface area (Å²) in [6.07, 6.45) is 1.79. The fraction of sp³-hybridized carbons (Fsp3) is 0.400. The third-order valence-electron chi connectivity index (χ3n) is 2.66. The predicted molar refractivity (Wildman–Crippen MR) is 98.0 cm³/mol. The van der Waals surface area contributed by atoms with Gasteiger partial charge in [-0.05, 0) is 19.1 Å². The number of ether oxygens (including phenoxy) is 2. The average molecular weight is 405 g/mol. The summed E-state index contributed by atoms with van der Waals surface area (Å²) in [6, 6.07) is 5.71. The molecule has 1 aromatic carbocycles. The van der Waals surface area contributed by atoms with E-state index in [0.29, 0.717) is 13.1 Å². The van der Waals surface area contributed by atoms with Crippen LogP contribution in [0, 0.1) is 0 Å². The zero-order valence-corrected chi connectivity index (χ0v) is 15.1. The second kappa shape index (κ2) is 11.2. The van der Waals surface area contributed by atoms with E-state index < -0.39 is 0 Å². The second-order valence-corrected chi connectivity index (χ2v) is 4.04. The zero-order chi connectivity index (χ0) is 14.8. The Morgan fingerprint density at radius 1 is 1.29 bits per heavy atom. The van der Waals surface area contributed by atoms with Crippen molar-refractivity contribution < 1.29 is 9.47 Å². The van der Waals surface area contributed by atoms with Gasteiger partial charge in [-0.25, -0.2) is 4.99 Å². The van der Waals surface area contributed by atoms with Crippen molar-refractivity contribution in [2.45, 2.75) is 13.5 Å². The van der Waals surface area contributed by atoms with E-state index >= 15 is 0 Å². The molecule has 0 aliphatic heterocycles. The third-order valence-corrected chi connectivity index (χ3v) is 2.66. The summed E-state index contributed by atoms with van der Waals surface area (Å²) < 4.78 is 10.5. The van der Waals surface area contributed by atoms with Gasteiger partial charge in [0.2, 0.25) is 0 Å². The predicted octanol–water partition coefficient (Wildman–Crippen LogP) is 2.56. The van der Waals surface area contributed by atoms with E-state index in [4.69, 9.17) is 9.47 Å². The fourth-order valence-corrected chi connectivity index (χ4v) is 1.66. The van der Waals surface area contributed by atoms with E-state index in [2.05, 4.69) is 22.2 Å². The van der Waals surface area contributed by atoms with Crippen LogP contribution in [0.25, 0.3) is 0 Å². The molecule has 6 heteroatoms. The van der Waals surface area contributed by atoms with Crippen LogP contribution in [0.2, 0.25) is 0 Å². The van der Waals surface area contributed by atoms with Crippen molar-refractivity contribution in [1.82, 2.24) is 10.6 Å². The monoisotopic (exact) mass is 405 g/mol. The Labute approximate surface area is 143 Å². The molecule has 0 fully saturated rings. The number of hydrogen-bond donors (Lipinski definition) is 2. The Balaban J connectivity index is 0.00000400. The topological polar surface area (TPSA) is 54.9 Å². The van der Waals surface area contributed by atoms with Crippen LogP contribution in [0.3, 0.4) is 0 Å². The Kier molecular flexibility index (Phi) is 10.5. The van der Waals surface area contributed by atoms with Gasteiger partial charge >= 0.3 is 0 Å². The van der Waals surface area contributed by atoms with Gasteiger partial charge < -0.3 is 20.1 Å². The van der Waals surface area contributed by atoms with Crippen LogP contribution in [-0.2, 0) is 6.54 Å². The van der Waals surface area contributed by atoms with Crippen molar-refractivity contribution in [3.8, 4) is 11.5 Å². The number of rotatable bonds is 7. The van der Waals surface area contributed by atoms with Gasteiger partial charge in [0.15, 0.2) is 5.96 Å². The molecule has 0 aliphatic rings. The van der Waals surface area contributed by atoms with Gasteiger partial charge in [-0.1, -0.05) is 6.08 Å². The van der Waals surface area contributed by atoms with Crippen LogP contribution in [0.1, 0.15) is 12.5 Å². The lowest BCUT2D eigenvalue weighted by atomic mass is 10.2. The van der Waals surface area contributed by atoms with Crippen molar-refractivity contribution in [3.05, 3.63) is 36.4 Å². The summed E-state index contributed by atoms with van der Waals surface area (Å²) in [7, 11) is 3.28. The van der Waals surface area contributed by atoms with Crippen LogP contribution in [0.15, 0.2) is 35.8 Å². The van der Waals surface area contributed by atoms with Gasteiger partial charge in [0.1, 0.15) is 11.5 Å². The molecule has 0 heterocycles. The molecule has 1 aromatic rings. The van der Waals surface area contributed by atoms with Gasteiger partial charge in [-0.15, -0.1) is 30.6 Å². The number of halogens is 1. The van der Waals surface area contributed by atoms with Crippen molar-refractivity contribution in [2.75, 3.05) is 27.3 Å². The second-order valence-electron chi connectivity index (χ2n) is 4.04. The highest BCUT2D eigenvalue weighted by molar-refractivity contribution is 14.0. The van der Waals surface area contributed by atoms with Crippen LogP contribution in [-0.4, -0.2) is 33.3 Å². The molecule has 0 aliphatic carbocycles. The third kappa shape index (κ3) is 6.70. The Hall–Kier alpha value is -1.44. The molecule has 0 atom stereocenters. The SMILES string of the molecule is C=CCNC(=NCc1ccc(OC)cc1OC)NCC.I. The van der Waals surface area contributed by atoms with E-state index in [1.807, 2.05) is 25.1 Å². The normalized spacial score (nSPS) is 10.3. The minimum atomic E-state index is 0. The number of hydrogen-bond acceptors (Lipinski definition) is 3. The van der Waals surface area contributed by atoms with E-state index in [9.17, 15) is 0 Å². The van der Waals surface area contributed by atoms with Crippen LogP contribution < -0.4 is 20.1 Å². The highest BCUT2D eigenvalue weighted by Crippen LogP contribution is 2.24. The van der Waals surface area contributed by atoms with E-state index in [-0.39, 0.29) is 24.0 Å². The van der Waals surface area contributed by atoms with Gasteiger partial charge in [0, 0.05) is 24.7 Å². The molecule has 118 valence electrons. The lowest BCUT2D eigenvalue weighted by Crippen LogP contribution is -2.37. The number of methoxy groups -OCH3 is 2.